The smallest absolute Gasteiger partial charge is 0.338 e. The normalized spacial score (nSPS) is 19.0. The summed E-state index contributed by atoms with van der Waals surface area (Å²) in [5.74, 6) is 1.19. The molecule has 3 heterocycles. The summed E-state index contributed by atoms with van der Waals surface area (Å²) < 4.78 is 11.0. The van der Waals surface area contributed by atoms with Crippen LogP contribution < -0.4 is 10.2 Å². The number of anilines is 2. The predicted molar refractivity (Wildman–Crippen MR) is 145 cm³/mol. The van der Waals surface area contributed by atoms with E-state index in [1.54, 1.807) is 36.1 Å². The van der Waals surface area contributed by atoms with Crippen LogP contribution in [0.1, 0.15) is 42.4 Å². The number of aromatic nitrogens is 2. The minimum atomic E-state index is -0.382. The number of urea groups is 1. The highest BCUT2D eigenvalue weighted by Crippen LogP contribution is 2.31. The van der Waals surface area contributed by atoms with Crippen molar-refractivity contribution >= 4 is 23.5 Å². The number of carbonyl (C=O) groups excluding carboxylic acids is 2. The standard InChI is InChI=1S/C29H33N5O4/c1-4-37-28(35)22-10-12-23(13-11-22)30-29(36)33-15-14-25-24(18-33)27(34-16-19(2)38-20(3)17-34)32-26(31-25)21-8-6-5-7-9-21/h5-13,19-20H,4,14-18H2,1-3H3,(H,30,36)/t19-,20-/m0/s1. The Hall–Kier alpha value is -3.98. The molecule has 0 unspecified atom stereocenters. The van der Waals surface area contributed by atoms with Crippen molar-refractivity contribution in [3.63, 3.8) is 0 Å². The van der Waals surface area contributed by atoms with E-state index in [2.05, 4.69) is 24.1 Å². The Balaban J connectivity index is 1.39. The molecule has 9 heteroatoms. The van der Waals surface area contributed by atoms with E-state index in [-0.39, 0.29) is 24.2 Å². The second-order valence-electron chi connectivity index (χ2n) is 9.72. The van der Waals surface area contributed by atoms with Crippen LogP contribution >= 0.6 is 0 Å². The molecule has 0 saturated carbocycles. The average molecular weight is 516 g/mol. The molecule has 38 heavy (non-hydrogen) atoms. The number of benzene rings is 2. The maximum atomic E-state index is 13.2. The van der Waals surface area contributed by atoms with Gasteiger partial charge in [0.15, 0.2) is 5.82 Å². The molecule has 2 aliphatic rings. The molecule has 0 aliphatic carbocycles. The lowest BCUT2D eigenvalue weighted by molar-refractivity contribution is -0.00556. The number of hydrogen-bond donors (Lipinski definition) is 1. The Kier molecular flexibility index (Phi) is 7.55. The SMILES string of the molecule is CCOC(=O)c1ccc(NC(=O)N2CCc3nc(-c4ccccc4)nc(N4C[C@H](C)O[C@@H](C)C4)c3C2)cc1. The Morgan fingerprint density at radius 1 is 1.03 bits per heavy atom. The van der Waals surface area contributed by atoms with E-state index >= 15 is 0 Å². The van der Waals surface area contributed by atoms with Crippen molar-refractivity contribution in [3.8, 4) is 11.4 Å². The van der Waals surface area contributed by atoms with E-state index in [9.17, 15) is 9.59 Å². The summed E-state index contributed by atoms with van der Waals surface area (Å²) in [7, 11) is 0. The van der Waals surface area contributed by atoms with Crippen molar-refractivity contribution in [3.05, 3.63) is 71.4 Å². The third-order valence-electron chi connectivity index (χ3n) is 6.72. The van der Waals surface area contributed by atoms with E-state index < -0.39 is 0 Å². The van der Waals surface area contributed by atoms with Crippen LogP contribution in [-0.4, -0.2) is 65.3 Å². The lowest BCUT2D eigenvalue weighted by Gasteiger charge is -2.39. The zero-order chi connectivity index (χ0) is 26.6. The Morgan fingerprint density at radius 3 is 2.42 bits per heavy atom. The number of rotatable bonds is 5. The monoisotopic (exact) mass is 515 g/mol. The largest absolute Gasteiger partial charge is 0.462 e. The van der Waals surface area contributed by atoms with E-state index in [0.29, 0.717) is 43.2 Å². The number of morpholine rings is 1. The van der Waals surface area contributed by atoms with E-state index in [1.165, 1.54) is 0 Å². The zero-order valence-electron chi connectivity index (χ0n) is 22.0. The summed E-state index contributed by atoms with van der Waals surface area (Å²) in [5.41, 5.74) is 3.98. The van der Waals surface area contributed by atoms with Gasteiger partial charge < -0.3 is 24.6 Å². The molecule has 1 aromatic heterocycles. The molecule has 2 aliphatic heterocycles. The van der Waals surface area contributed by atoms with Crippen LogP contribution in [0.25, 0.3) is 11.4 Å². The minimum Gasteiger partial charge on any atom is -0.462 e. The quantitative estimate of drug-likeness (QED) is 0.499. The van der Waals surface area contributed by atoms with E-state index in [4.69, 9.17) is 19.4 Å². The number of carbonyl (C=O) groups is 2. The Labute approximate surface area is 222 Å². The molecule has 0 spiro atoms. The van der Waals surface area contributed by atoms with Gasteiger partial charge in [0.2, 0.25) is 0 Å². The van der Waals surface area contributed by atoms with Gasteiger partial charge >= 0.3 is 12.0 Å². The van der Waals surface area contributed by atoms with Gasteiger partial charge in [-0.15, -0.1) is 0 Å². The van der Waals surface area contributed by atoms with Gasteiger partial charge in [-0.2, -0.15) is 0 Å². The second kappa shape index (κ2) is 11.2. The molecule has 0 radical (unpaired) electrons. The van der Waals surface area contributed by atoms with Crippen LogP contribution in [0.15, 0.2) is 54.6 Å². The van der Waals surface area contributed by atoms with Gasteiger partial charge in [-0.05, 0) is 45.0 Å². The molecule has 3 aromatic rings. The first-order chi connectivity index (χ1) is 18.4. The summed E-state index contributed by atoms with van der Waals surface area (Å²) >= 11 is 0. The molecular formula is C29H33N5O4. The molecule has 5 rings (SSSR count). The lowest BCUT2D eigenvalue weighted by Crippen LogP contribution is -2.47. The number of esters is 1. The van der Waals surface area contributed by atoms with Gasteiger partial charge in [0.25, 0.3) is 0 Å². The van der Waals surface area contributed by atoms with Gasteiger partial charge in [-0.25, -0.2) is 19.6 Å². The third kappa shape index (κ3) is 5.62. The van der Waals surface area contributed by atoms with Gasteiger partial charge in [-0.1, -0.05) is 30.3 Å². The summed E-state index contributed by atoms with van der Waals surface area (Å²) in [6.07, 6.45) is 0.783. The van der Waals surface area contributed by atoms with Crippen LogP contribution in [0.3, 0.4) is 0 Å². The molecule has 2 amide bonds. The zero-order valence-corrected chi connectivity index (χ0v) is 22.0. The van der Waals surface area contributed by atoms with E-state index in [0.717, 1.165) is 35.7 Å². The fraction of sp³-hybridized carbons (Fsp3) is 0.379. The van der Waals surface area contributed by atoms with Gasteiger partial charge in [-0.3, -0.25) is 0 Å². The topological polar surface area (TPSA) is 96.9 Å². The summed E-state index contributed by atoms with van der Waals surface area (Å²) in [6.45, 7) is 8.62. The third-order valence-corrected chi connectivity index (χ3v) is 6.72. The number of amides is 2. The number of hydrogen-bond acceptors (Lipinski definition) is 7. The molecule has 9 nitrogen and oxygen atoms in total. The first kappa shape index (κ1) is 25.7. The molecule has 1 N–H and O–H groups in total. The van der Waals surface area contributed by atoms with Crippen LogP contribution in [0, 0.1) is 0 Å². The molecule has 1 fully saturated rings. The highest BCUT2D eigenvalue weighted by molar-refractivity contribution is 5.92. The van der Waals surface area contributed by atoms with Crippen LogP contribution in [0.5, 0.6) is 0 Å². The molecule has 2 atom stereocenters. The highest BCUT2D eigenvalue weighted by atomic mass is 16.5. The fourth-order valence-corrected chi connectivity index (χ4v) is 5.01. The van der Waals surface area contributed by atoms with Crippen molar-refractivity contribution < 1.29 is 19.1 Å². The predicted octanol–water partition coefficient (Wildman–Crippen LogP) is 4.52. The lowest BCUT2D eigenvalue weighted by atomic mass is 10.0. The van der Waals surface area contributed by atoms with Gasteiger partial charge in [0, 0.05) is 42.9 Å². The van der Waals surface area contributed by atoms with E-state index in [1.807, 2.05) is 30.3 Å². The highest BCUT2D eigenvalue weighted by Gasteiger charge is 2.31. The van der Waals surface area contributed by atoms with Crippen molar-refractivity contribution in [1.29, 1.82) is 0 Å². The molecule has 0 bridgehead atoms. The number of fused-ring (bicyclic) bond motifs is 1. The Bertz CT molecular complexity index is 1290. The second-order valence-corrected chi connectivity index (χ2v) is 9.72. The maximum absolute atomic E-state index is 13.2. The van der Waals surface area contributed by atoms with Crippen LogP contribution in [0.4, 0.5) is 16.3 Å². The first-order valence-corrected chi connectivity index (χ1v) is 13.1. The number of nitrogens with one attached hydrogen (secondary N) is 1. The van der Waals surface area contributed by atoms with Crippen molar-refractivity contribution in [2.24, 2.45) is 0 Å². The average Bonchev–Trinajstić information content (AvgIpc) is 2.92. The van der Waals surface area contributed by atoms with Gasteiger partial charge in [0.1, 0.15) is 5.82 Å². The van der Waals surface area contributed by atoms with Crippen molar-refractivity contribution in [2.45, 2.75) is 45.9 Å². The molecule has 198 valence electrons. The summed E-state index contributed by atoms with van der Waals surface area (Å²) in [4.78, 5) is 39.1. The summed E-state index contributed by atoms with van der Waals surface area (Å²) in [5, 5.41) is 2.95. The maximum Gasteiger partial charge on any atom is 0.338 e. The number of ether oxygens (including phenoxy) is 2. The fourth-order valence-electron chi connectivity index (χ4n) is 5.01. The molecular weight excluding hydrogens is 482 g/mol. The minimum absolute atomic E-state index is 0.0742. The molecule has 1 saturated heterocycles. The van der Waals surface area contributed by atoms with Crippen LogP contribution in [0.2, 0.25) is 0 Å². The summed E-state index contributed by atoms with van der Waals surface area (Å²) in [6, 6.07) is 16.5. The number of nitrogens with zero attached hydrogens (tertiary/aromatic N) is 4. The molecule has 2 aromatic carbocycles. The van der Waals surface area contributed by atoms with Crippen LogP contribution in [-0.2, 0) is 22.4 Å². The first-order valence-electron chi connectivity index (χ1n) is 13.1. The van der Waals surface area contributed by atoms with Crippen molar-refractivity contribution in [2.75, 3.05) is 36.5 Å². The van der Waals surface area contributed by atoms with Crippen molar-refractivity contribution in [1.82, 2.24) is 14.9 Å². The Morgan fingerprint density at radius 2 is 1.74 bits per heavy atom. The van der Waals surface area contributed by atoms with Gasteiger partial charge in [0.05, 0.1) is 36.6 Å².